The maximum absolute atomic E-state index is 13.5. The average Bonchev–Trinajstić information content (AvgIpc) is 2.75. The summed E-state index contributed by atoms with van der Waals surface area (Å²) in [5, 5.41) is 5.91. The van der Waals surface area contributed by atoms with Crippen molar-refractivity contribution in [3.05, 3.63) is 101 Å². The fourth-order valence-corrected chi connectivity index (χ4v) is 2.87. The number of halogens is 1. The molecule has 0 saturated heterocycles. The van der Waals surface area contributed by atoms with E-state index in [1.807, 2.05) is 54.6 Å². The van der Waals surface area contributed by atoms with Gasteiger partial charge in [-0.15, -0.1) is 0 Å². The van der Waals surface area contributed by atoms with E-state index in [-0.39, 0.29) is 18.3 Å². The molecule has 29 heavy (non-hydrogen) atoms. The topological polar surface area (TPSA) is 50.4 Å². The zero-order valence-corrected chi connectivity index (χ0v) is 16.2. The maximum atomic E-state index is 13.5. The molecule has 0 aliphatic rings. The molecular weight excluding hydrogens is 367 g/mol. The molecule has 0 fully saturated rings. The van der Waals surface area contributed by atoms with Crippen LogP contribution in [0.3, 0.4) is 0 Å². The van der Waals surface area contributed by atoms with Gasteiger partial charge in [-0.3, -0.25) is 4.79 Å². The van der Waals surface area contributed by atoms with Gasteiger partial charge in [-0.1, -0.05) is 60.7 Å². The standard InChI is InChI=1S/C24H25FN2O2/c25-23-9-5-4-8-21(23)14-15-27-24(28)17-26-16-19-10-12-22(13-11-19)29-18-20-6-2-1-3-7-20/h1-13,26H,14-18H2,(H,27,28). The molecule has 0 aliphatic heterocycles. The Morgan fingerprint density at radius 3 is 2.34 bits per heavy atom. The van der Waals surface area contributed by atoms with Gasteiger partial charge in [0.1, 0.15) is 18.2 Å². The van der Waals surface area contributed by atoms with Gasteiger partial charge in [0, 0.05) is 13.1 Å². The molecule has 0 radical (unpaired) electrons. The molecule has 3 aromatic rings. The molecule has 0 saturated carbocycles. The molecule has 0 spiro atoms. The van der Waals surface area contributed by atoms with Gasteiger partial charge in [0.2, 0.25) is 5.91 Å². The van der Waals surface area contributed by atoms with E-state index >= 15 is 0 Å². The fourth-order valence-electron chi connectivity index (χ4n) is 2.87. The van der Waals surface area contributed by atoms with Crippen molar-refractivity contribution in [3.63, 3.8) is 0 Å². The quantitative estimate of drug-likeness (QED) is 0.551. The molecule has 2 N–H and O–H groups in total. The van der Waals surface area contributed by atoms with E-state index in [1.54, 1.807) is 18.2 Å². The molecule has 5 heteroatoms. The molecule has 3 aromatic carbocycles. The highest BCUT2D eigenvalue weighted by Gasteiger charge is 2.04. The summed E-state index contributed by atoms with van der Waals surface area (Å²) in [4.78, 5) is 11.9. The van der Waals surface area contributed by atoms with Gasteiger partial charge in [-0.2, -0.15) is 0 Å². The minimum absolute atomic E-state index is 0.107. The second-order valence-corrected chi connectivity index (χ2v) is 6.71. The Morgan fingerprint density at radius 1 is 0.862 bits per heavy atom. The van der Waals surface area contributed by atoms with Crippen LogP contribution in [0, 0.1) is 5.82 Å². The molecule has 0 heterocycles. The predicted molar refractivity (Wildman–Crippen MR) is 112 cm³/mol. The number of rotatable bonds is 10. The third-order valence-electron chi connectivity index (χ3n) is 4.46. The van der Waals surface area contributed by atoms with Gasteiger partial charge in [0.25, 0.3) is 0 Å². The minimum Gasteiger partial charge on any atom is -0.489 e. The third-order valence-corrected chi connectivity index (χ3v) is 4.46. The molecule has 0 aliphatic carbocycles. The summed E-state index contributed by atoms with van der Waals surface area (Å²) in [5.74, 6) is 0.462. The van der Waals surface area contributed by atoms with E-state index in [0.29, 0.717) is 31.7 Å². The summed E-state index contributed by atoms with van der Waals surface area (Å²) in [6, 6.07) is 24.4. The van der Waals surface area contributed by atoms with Gasteiger partial charge in [-0.05, 0) is 41.3 Å². The maximum Gasteiger partial charge on any atom is 0.233 e. The van der Waals surface area contributed by atoms with Crippen molar-refractivity contribution in [2.45, 2.75) is 19.6 Å². The Labute approximate surface area is 170 Å². The Bertz CT molecular complexity index is 898. The number of hydrogen-bond acceptors (Lipinski definition) is 3. The average molecular weight is 392 g/mol. The highest BCUT2D eigenvalue weighted by Crippen LogP contribution is 2.14. The second kappa shape index (κ2) is 11.0. The van der Waals surface area contributed by atoms with Crippen molar-refractivity contribution in [2.24, 2.45) is 0 Å². The summed E-state index contributed by atoms with van der Waals surface area (Å²) in [6.07, 6.45) is 0.475. The van der Waals surface area contributed by atoms with Crippen molar-refractivity contribution >= 4 is 5.91 Å². The fraction of sp³-hybridized carbons (Fsp3) is 0.208. The highest BCUT2D eigenvalue weighted by molar-refractivity contribution is 5.77. The number of benzene rings is 3. The van der Waals surface area contributed by atoms with E-state index < -0.39 is 0 Å². The van der Waals surface area contributed by atoms with Crippen molar-refractivity contribution in [1.29, 1.82) is 0 Å². The number of nitrogens with one attached hydrogen (secondary N) is 2. The first kappa shape index (κ1) is 20.6. The van der Waals surface area contributed by atoms with E-state index in [2.05, 4.69) is 10.6 Å². The summed E-state index contributed by atoms with van der Waals surface area (Å²) in [7, 11) is 0. The van der Waals surface area contributed by atoms with Gasteiger partial charge < -0.3 is 15.4 Å². The first-order valence-electron chi connectivity index (χ1n) is 9.67. The van der Waals surface area contributed by atoms with Crippen LogP contribution in [-0.4, -0.2) is 19.0 Å². The van der Waals surface area contributed by atoms with Crippen LogP contribution in [-0.2, 0) is 24.4 Å². The van der Waals surface area contributed by atoms with Crippen LogP contribution < -0.4 is 15.4 Å². The molecular formula is C24H25FN2O2. The molecule has 3 rings (SSSR count). The number of carbonyl (C=O) groups excluding carboxylic acids is 1. The largest absolute Gasteiger partial charge is 0.489 e. The lowest BCUT2D eigenvalue weighted by Crippen LogP contribution is -2.34. The van der Waals surface area contributed by atoms with Gasteiger partial charge in [0.05, 0.1) is 6.54 Å². The third kappa shape index (κ3) is 7.05. The monoisotopic (exact) mass is 392 g/mol. The van der Waals surface area contributed by atoms with Crippen LogP contribution in [0.2, 0.25) is 0 Å². The molecule has 150 valence electrons. The summed E-state index contributed by atoms with van der Waals surface area (Å²) in [6.45, 7) is 1.74. The second-order valence-electron chi connectivity index (χ2n) is 6.71. The van der Waals surface area contributed by atoms with Crippen LogP contribution >= 0.6 is 0 Å². The predicted octanol–water partition coefficient (Wildman–Crippen LogP) is 3.85. The van der Waals surface area contributed by atoms with Crippen molar-refractivity contribution in [3.8, 4) is 5.75 Å². The Balaban J connectivity index is 1.32. The highest BCUT2D eigenvalue weighted by atomic mass is 19.1. The van der Waals surface area contributed by atoms with Crippen LogP contribution in [0.1, 0.15) is 16.7 Å². The zero-order chi connectivity index (χ0) is 20.3. The van der Waals surface area contributed by atoms with Gasteiger partial charge in [0.15, 0.2) is 0 Å². The molecule has 0 bridgehead atoms. The summed E-state index contributed by atoms with van der Waals surface area (Å²) < 4.78 is 19.3. The number of ether oxygens (including phenoxy) is 1. The SMILES string of the molecule is O=C(CNCc1ccc(OCc2ccccc2)cc1)NCCc1ccccc1F. The van der Waals surface area contributed by atoms with E-state index in [0.717, 1.165) is 16.9 Å². The molecule has 0 aromatic heterocycles. The van der Waals surface area contributed by atoms with Crippen LogP contribution in [0.5, 0.6) is 5.75 Å². The Morgan fingerprint density at radius 2 is 1.59 bits per heavy atom. The molecule has 0 unspecified atom stereocenters. The first-order chi connectivity index (χ1) is 14.2. The Kier molecular flexibility index (Phi) is 7.78. The van der Waals surface area contributed by atoms with Crippen molar-refractivity contribution in [1.82, 2.24) is 10.6 Å². The van der Waals surface area contributed by atoms with Crippen molar-refractivity contribution < 1.29 is 13.9 Å². The normalized spacial score (nSPS) is 10.5. The van der Waals surface area contributed by atoms with E-state index in [9.17, 15) is 9.18 Å². The minimum atomic E-state index is -0.240. The van der Waals surface area contributed by atoms with Gasteiger partial charge in [-0.25, -0.2) is 4.39 Å². The number of carbonyl (C=O) groups is 1. The van der Waals surface area contributed by atoms with Crippen LogP contribution in [0.15, 0.2) is 78.9 Å². The summed E-state index contributed by atoms with van der Waals surface area (Å²) >= 11 is 0. The zero-order valence-electron chi connectivity index (χ0n) is 16.2. The molecule has 0 atom stereocenters. The lowest BCUT2D eigenvalue weighted by atomic mass is 10.1. The lowest BCUT2D eigenvalue weighted by molar-refractivity contribution is -0.120. The van der Waals surface area contributed by atoms with Crippen LogP contribution in [0.4, 0.5) is 4.39 Å². The lowest BCUT2D eigenvalue weighted by Gasteiger charge is -2.09. The smallest absolute Gasteiger partial charge is 0.233 e. The molecule has 1 amide bonds. The van der Waals surface area contributed by atoms with E-state index in [1.165, 1.54) is 6.07 Å². The molecule has 4 nitrogen and oxygen atoms in total. The van der Waals surface area contributed by atoms with Crippen molar-refractivity contribution in [2.75, 3.05) is 13.1 Å². The van der Waals surface area contributed by atoms with Gasteiger partial charge >= 0.3 is 0 Å². The first-order valence-corrected chi connectivity index (χ1v) is 9.67. The number of amides is 1. The number of hydrogen-bond donors (Lipinski definition) is 2. The summed E-state index contributed by atoms with van der Waals surface area (Å²) in [5.41, 5.74) is 2.80. The Hall–Kier alpha value is -3.18. The van der Waals surface area contributed by atoms with Crippen LogP contribution in [0.25, 0.3) is 0 Å². The van der Waals surface area contributed by atoms with E-state index in [4.69, 9.17) is 4.74 Å².